The van der Waals surface area contributed by atoms with E-state index in [0.29, 0.717) is 12.2 Å². The van der Waals surface area contributed by atoms with Crippen molar-refractivity contribution in [3.05, 3.63) is 23.8 Å². The third-order valence-corrected chi connectivity index (χ3v) is 2.72. The minimum atomic E-state index is -0.711. The fourth-order valence-electron chi connectivity index (χ4n) is 1.75. The zero-order chi connectivity index (χ0) is 13.7. The summed E-state index contributed by atoms with van der Waals surface area (Å²) < 4.78 is 0. The van der Waals surface area contributed by atoms with Crippen LogP contribution in [0.15, 0.2) is 18.2 Å². The first kappa shape index (κ1) is 14.1. The molecule has 0 aliphatic carbocycles. The number of hydrogen-bond donors (Lipinski definition) is 2. The molecule has 0 heterocycles. The predicted molar refractivity (Wildman–Crippen MR) is 72.3 cm³/mol. The number of benzene rings is 1. The Morgan fingerprint density at radius 1 is 1.61 bits per heavy atom. The number of amides is 1. The van der Waals surface area contributed by atoms with Crippen LogP contribution in [-0.2, 0) is 4.79 Å². The van der Waals surface area contributed by atoms with E-state index in [4.69, 9.17) is 12.2 Å². The fraction of sp³-hybridized carbons (Fsp3) is 0.357. The van der Waals surface area contributed by atoms with E-state index >= 15 is 0 Å². The number of anilines is 1. The fourth-order valence-corrected chi connectivity index (χ4v) is 1.75. The molecule has 4 heteroatoms. The number of nitrogens with zero attached hydrogens (tertiary/aromatic N) is 1. The van der Waals surface area contributed by atoms with Crippen LogP contribution in [0.1, 0.15) is 18.9 Å². The summed E-state index contributed by atoms with van der Waals surface area (Å²) >= 11 is 0. The number of terminal acetylenes is 1. The minimum absolute atomic E-state index is 0.118. The summed E-state index contributed by atoms with van der Waals surface area (Å²) in [6.07, 6.45) is 5.36. The molecule has 0 aliphatic heterocycles. The number of aryl methyl sites for hydroxylation is 1. The highest BCUT2D eigenvalue weighted by atomic mass is 16.3. The average Bonchev–Trinajstić information content (AvgIpc) is 2.34. The molecule has 0 bridgehead atoms. The molecule has 1 amide bonds. The van der Waals surface area contributed by atoms with Gasteiger partial charge in [0.1, 0.15) is 5.75 Å². The van der Waals surface area contributed by atoms with E-state index in [9.17, 15) is 9.90 Å². The van der Waals surface area contributed by atoms with Crippen LogP contribution in [0.4, 0.5) is 5.69 Å². The smallest absolute Gasteiger partial charge is 0.244 e. The Morgan fingerprint density at radius 3 is 2.83 bits per heavy atom. The monoisotopic (exact) mass is 246 g/mol. The van der Waals surface area contributed by atoms with Crippen LogP contribution in [0, 0.1) is 19.3 Å². The van der Waals surface area contributed by atoms with Gasteiger partial charge in [0, 0.05) is 19.0 Å². The van der Waals surface area contributed by atoms with E-state index in [1.54, 1.807) is 18.2 Å². The van der Waals surface area contributed by atoms with Gasteiger partial charge in [0.15, 0.2) is 0 Å². The Morgan fingerprint density at radius 2 is 2.28 bits per heavy atom. The molecule has 18 heavy (non-hydrogen) atoms. The van der Waals surface area contributed by atoms with Crippen molar-refractivity contribution in [2.45, 2.75) is 26.3 Å². The number of phenolic OH excluding ortho intramolecular Hbond substituents is 1. The molecule has 1 aromatic carbocycles. The zero-order valence-electron chi connectivity index (χ0n) is 10.7. The molecule has 1 rings (SSSR count). The molecule has 1 aromatic rings. The molecular weight excluding hydrogens is 228 g/mol. The number of carbonyl (C=O) groups is 1. The second-order valence-electron chi connectivity index (χ2n) is 4.07. The highest BCUT2D eigenvalue weighted by molar-refractivity contribution is 5.98. The topological polar surface area (TPSA) is 66.6 Å². The van der Waals surface area contributed by atoms with Crippen molar-refractivity contribution in [2.75, 3.05) is 11.4 Å². The third-order valence-electron chi connectivity index (χ3n) is 2.72. The zero-order valence-corrected chi connectivity index (χ0v) is 10.7. The number of nitrogens with two attached hydrogens (primary N) is 1. The SMILES string of the molecule is C#CCC(N)C(=O)N(CC)c1cc(O)ccc1C. The predicted octanol–water partition coefficient (Wildman–Crippen LogP) is 1.40. The summed E-state index contributed by atoms with van der Waals surface area (Å²) in [6.45, 7) is 4.20. The van der Waals surface area contributed by atoms with E-state index in [0.717, 1.165) is 5.56 Å². The minimum Gasteiger partial charge on any atom is -0.508 e. The van der Waals surface area contributed by atoms with Crippen molar-refractivity contribution in [1.82, 2.24) is 0 Å². The van der Waals surface area contributed by atoms with Crippen molar-refractivity contribution >= 4 is 11.6 Å². The number of carbonyl (C=O) groups excluding carboxylic acids is 1. The van der Waals surface area contributed by atoms with Gasteiger partial charge in [-0.25, -0.2) is 0 Å². The molecule has 0 spiro atoms. The van der Waals surface area contributed by atoms with Crippen LogP contribution in [0.25, 0.3) is 0 Å². The number of rotatable bonds is 4. The molecule has 0 saturated heterocycles. The van der Waals surface area contributed by atoms with Crippen LogP contribution in [0.2, 0.25) is 0 Å². The molecule has 0 fully saturated rings. The number of likely N-dealkylation sites (N-methyl/N-ethyl adjacent to an activating group) is 1. The van der Waals surface area contributed by atoms with Gasteiger partial charge in [-0.1, -0.05) is 6.07 Å². The van der Waals surface area contributed by atoms with Crippen LogP contribution in [-0.4, -0.2) is 23.6 Å². The Bertz CT molecular complexity index is 477. The lowest BCUT2D eigenvalue weighted by atomic mass is 10.1. The van der Waals surface area contributed by atoms with Gasteiger partial charge in [-0.2, -0.15) is 0 Å². The van der Waals surface area contributed by atoms with Crippen molar-refractivity contribution in [3.8, 4) is 18.1 Å². The summed E-state index contributed by atoms with van der Waals surface area (Å²) in [5.74, 6) is 2.27. The Balaban J connectivity index is 3.06. The summed E-state index contributed by atoms with van der Waals surface area (Å²) in [5, 5.41) is 9.50. The highest BCUT2D eigenvalue weighted by Crippen LogP contribution is 2.25. The second kappa shape index (κ2) is 6.08. The Labute approximate surface area is 107 Å². The summed E-state index contributed by atoms with van der Waals surface area (Å²) in [5.41, 5.74) is 7.29. The molecule has 3 N–H and O–H groups in total. The molecule has 1 atom stereocenters. The van der Waals surface area contributed by atoms with Crippen molar-refractivity contribution < 1.29 is 9.90 Å². The molecule has 0 aliphatic rings. The van der Waals surface area contributed by atoms with Gasteiger partial charge < -0.3 is 15.7 Å². The first-order chi connectivity index (χ1) is 8.51. The van der Waals surface area contributed by atoms with Gasteiger partial charge in [-0.15, -0.1) is 12.3 Å². The van der Waals surface area contributed by atoms with Gasteiger partial charge >= 0.3 is 0 Å². The second-order valence-corrected chi connectivity index (χ2v) is 4.07. The van der Waals surface area contributed by atoms with Gasteiger partial charge in [-0.05, 0) is 25.5 Å². The largest absolute Gasteiger partial charge is 0.508 e. The van der Waals surface area contributed by atoms with Gasteiger partial charge in [0.25, 0.3) is 0 Å². The molecular formula is C14H18N2O2. The number of hydrogen-bond acceptors (Lipinski definition) is 3. The lowest BCUT2D eigenvalue weighted by Crippen LogP contribution is -2.44. The van der Waals surface area contributed by atoms with E-state index in [1.165, 1.54) is 4.90 Å². The van der Waals surface area contributed by atoms with Crippen LogP contribution < -0.4 is 10.6 Å². The molecule has 0 radical (unpaired) electrons. The van der Waals surface area contributed by atoms with Crippen LogP contribution in [0.5, 0.6) is 5.75 Å². The molecule has 4 nitrogen and oxygen atoms in total. The number of aromatic hydroxyl groups is 1. The highest BCUT2D eigenvalue weighted by Gasteiger charge is 2.21. The quantitative estimate of drug-likeness (QED) is 0.789. The van der Waals surface area contributed by atoms with Crippen molar-refractivity contribution in [2.24, 2.45) is 5.73 Å². The van der Waals surface area contributed by atoms with E-state index in [2.05, 4.69) is 5.92 Å². The van der Waals surface area contributed by atoms with Crippen molar-refractivity contribution in [1.29, 1.82) is 0 Å². The Kier molecular flexibility index (Phi) is 4.75. The molecule has 0 aromatic heterocycles. The normalized spacial score (nSPS) is 11.7. The first-order valence-electron chi connectivity index (χ1n) is 5.81. The maximum Gasteiger partial charge on any atom is 0.244 e. The maximum absolute atomic E-state index is 12.2. The van der Waals surface area contributed by atoms with Crippen molar-refractivity contribution in [3.63, 3.8) is 0 Å². The Hall–Kier alpha value is -1.99. The molecule has 0 saturated carbocycles. The van der Waals surface area contributed by atoms with E-state index in [1.807, 2.05) is 13.8 Å². The lowest BCUT2D eigenvalue weighted by molar-refractivity contribution is -0.119. The van der Waals surface area contributed by atoms with Crippen LogP contribution in [0.3, 0.4) is 0 Å². The van der Waals surface area contributed by atoms with E-state index in [-0.39, 0.29) is 18.1 Å². The summed E-state index contributed by atoms with van der Waals surface area (Å²) in [7, 11) is 0. The van der Waals surface area contributed by atoms with Gasteiger partial charge in [0.2, 0.25) is 5.91 Å². The molecule has 96 valence electrons. The average molecular weight is 246 g/mol. The first-order valence-corrected chi connectivity index (χ1v) is 5.81. The number of phenols is 1. The maximum atomic E-state index is 12.2. The summed E-state index contributed by atoms with van der Waals surface area (Å²) in [6, 6.07) is 4.18. The van der Waals surface area contributed by atoms with Gasteiger partial charge in [0.05, 0.1) is 11.7 Å². The third kappa shape index (κ3) is 3.02. The lowest BCUT2D eigenvalue weighted by Gasteiger charge is -2.25. The van der Waals surface area contributed by atoms with Gasteiger partial charge in [-0.3, -0.25) is 4.79 Å². The van der Waals surface area contributed by atoms with Crippen LogP contribution >= 0.6 is 0 Å². The summed E-state index contributed by atoms with van der Waals surface area (Å²) in [4.78, 5) is 13.7. The van der Waals surface area contributed by atoms with E-state index < -0.39 is 6.04 Å². The molecule has 1 unspecified atom stereocenters. The standard InChI is InChI=1S/C14H18N2O2/c1-4-6-12(15)14(18)16(5-2)13-9-11(17)8-7-10(13)3/h1,7-9,12,17H,5-6,15H2,2-3H3.